The number of benzene rings is 2. The van der Waals surface area contributed by atoms with Crippen molar-refractivity contribution in [1.29, 1.82) is 0 Å². The smallest absolute Gasteiger partial charge is 0.244 e. The first-order valence-electron chi connectivity index (χ1n) is 9.44. The van der Waals surface area contributed by atoms with Crippen LogP contribution in [0.2, 0.25) is 0 Å². The molecule has 146 valence electrons. The molecule has 0 spiro atoms. The standard InChI is InChI=1S/C22H31N3O2/c1-7-25(19-14-10-12-17-11-8-9-13-18(17)19)21(27)16(2)24(6)15-20(26)23-22(3,4)5/h8-14,16H,7,15H2,1-6H3,(H,23,26)/t16-/m1/s1. The van der Waals surface area contributed by atoms with Crippen molar-refractivity contribution in [3.8, 4) is 0 Å². The van der Waals surface area contributed by atoms with E-state index in [0.29, 0.717) is 6.54 Å². The van der Waals surface area contributed by atoms with Gasteiger partial charge in [0.25, 0.3) is 0 Å². The second-order valence-electron chi connectivity index (χ2n) is 7.97. The highest BCUT2D eigenvalue weighted by Crippen LogP contribution is 2.27. The second-order valence-corrected chi connectivity index (χ2v) is 7.97. The Morgan fingerprint density at radius 2 is 1.70 bits per heavy atom. The minimum absolute atomic E-state index is 0.0140. The van der Waals surface area contributed by atoms with Gasteiger partial charge in [-0.15, -0.1) is 0 Å². The van der Waals surface area contributed by atoms with E-state index in [0.717, 1.165) is 16.5 Å². The number of hydrogen-bond acceptors (Lipinski definition) is 3. The van der Waals surface area contributed by atoms with E-state index in [9.17, 15) is 9.59 Å². The van der Waals surface area contributed by atoms with Gasteiger partial charge in [-0.2, -0.15) is 0 Å². The lowest BCUT2D eigenvalue weighted by Crippen LogP contribution is -2.51. The Morgan fingerprint density at radius 1 is 1.07 bits per heavy atom. The summed E-state index contributed by atoms with van der Waals surface area (Å²) in [7, 11) is 1.81. The molecule has 0 radical (unpaired) electrons. The highest BCUT2D eigenvalue weighted by Gasteiger charge is 2.26. The Kier molecular flexibility index (Phi) is 6.60. The van der Waals surface area contributed by atoms with E-state index in [1.165, 1.54) is 0 Å². The number of carbonyl (C=O) groups excluding carboxylic acids is 2. The average Bonchev–Trinajstić information content (AvgIpc) is 2.60. The fraction of sp³-hybridized carbons (Fsp3) is 0.455. The van der Waals surface area contributed by atoms with Crippen molar-refractivity contribution in [2.45, 2.75) is 46.2 Å². The molecule has 0 heterocycles. The van der Waals surface area contributed by atoms with Crippen LogP contribution in [0.25, 0.3) is 10.8 Å². The molecule has 27 heavy (non-hydrogen) atoms. The van der Waals surface area contributed by atoms with Gasteiger partial charge >= 0.3 is 0 Å². The summed E-state index contributed by atoms with van der Waals surface area (Å²) in [5.41, 5.74) is 0.615. The van der Waals surface area contributed by atoms with E-state index in [-0.39, 0.29) is 23.9 Å². The van der Waals surface area contributed by atoms with Crippen LogP contribution in [-0.4, -0.2) is 48.4 Å². The third-order valence-corrected chi connectivity index (χ3v) is 4.57. The predicted octanol–water partition coefficient (Wildman–Crippen LogP) is 3.43. The van der Waals surface area contributed by atoms with E-state index >= 15 is 0 Å². The molecule has 0 fully saturated rings. The lowest BCUT2D eigenvalue weighted by Gasteiger charge is -2.31. The molecule has 2 amide bonds. The van der Waals surface area contributed by atoms with Crippen LogP contribution in [0.15, 0.2) is 42.5 Å². The highest BCUT2D eigenvalue weighted by molar-refractivity contribution is 6.05. The number of anilines is 1. The molecule has 0 aliphatic heterocycles. The summed E-state index contributed by atoms with van der Waals surface area (Å²) in [5.74, 6) is -0.0993. The van der Waals surface area contributed by atoms with E-state index in [1.54, 1.807) is 9.80 Å². The Balaban J connectivity index is 2.19. The largest absolute Gasteiger partial charge is 0.350 e. The van der Waals surface area contributed by atoms with E-state index < -0.39 is 6.04 Å². The molecule has 0 saturated carbocycles. The maximum absolute atomic E-state index is 13.2. The van der Waals surface area contributed by atoms with Crippen molar-refractivity contribution in [3.05, 3.63) is 42.5 Å². The normalized spacial score (nSPS) is 12.9. The summed E-state index contributed by atoms with van der Waals surface area (Å²) in [5, 5.41) is 5.09. The molecular formula is C22H31N3O2. The first kappa shape index (κ1) is 20.9. The molecule has 1 N–H and O–H groups in total. The Hall–Kier alpha value is -2.40. The zero-order valence-corrected chi connectivity index (χ0v) is 17.2. The number of rotatable bonds is 6. The van der Waals surface area contributed by atoms with Gasteiger partial charge in [-0.3, -0.25) is 14.5 Å². The van der Waals surface area contributed by atoms with Gasteiger partial charge in [-0.05, 0) is 53.1 Å². The van der Waals surface area contributed by atoms with Crippen LogP contribution >= 0.6 is 0 Å². The quantitative estimate of drug-likeness (QED) is 0.849. The van der Waals surface area contributed by atoms with Crippen LogP contribution in [0.3, 0.4) is 0 Å². The number of nitrogens with one attached hydrogen (secondary N) is 1. The summed E-state index contributed by atoms with van der Waals surface area (Å²) in [6.45, 7) is 10.4. The molecule has 5 nitrogen and oxygen atoms in total. The van der Waals surface area contributed by atoms with Crippen molar-refractivity contribution < 1.29 is 9.59 Å². The summed E-state index contributed by atoms with van der Waals surface area (Å²) in [6, 6.07) is 13.6. The molecule has 0 aliphatic carbocycles. The van der Waals surface area contributed by atoms with Crippen LogP contribution in [-0.2, 0) is 9.59 Å². The zero-order chi connectivity index (χ0) is 20.2. The molecule has 5 heteroatoms. The van der Waals surface area contributed by atoms with Gasteiger partial charge < -0.3 is 10.2 Å². The lowest BCUT2D eigenvalue weighted by molar-refractivity contribution is -0.126. The molecule has 0 unspecified atom stereocenters. The van der Waals surface area contributed by atoms with Crippen LogP contribution in [0, 0.1) is 0 Å². The highest BCUT2D eigenvalue weighted by atomic mass is 16.2. The fourth-order valence-corrected chi connectivity index (χ4v) is 3.12. The van der Waals surface area contributed by atoms with Gasteiger partial charge in [0.2, 0.25) is 11.8 Å². The Morgan fingerprint density at radius 3 is 2.33 bits per heavy atom. The van der Waals surface area contributed by atoms with Crippen LogP contribution in [0.5, 0.6) is 0 Å². The van der Waals surface area contributed by atoms with Gasteiger partial charge in [0.1, 0.15) is 0 Å². The maximum atomic E-state index is 13.2. The number of nitrogens with zero attached hydrogens (tertiary/aromatic N) is 2. The lowest BCUT2D eigenvalue weighted by atomic mass is 10.1. The van der Waals surface area contributed by atoms with Gasteiger partial charge in [0, 0.05) is 17.5 Å². The maximum Gasteiger partial charge on any atom is 0.244 e. The molecule has 0 bridgehead atoms. The second kappa shape index (κ2) is 8.53. The molecule has 2 rings (SSSR count). The topological polar surface area (TPSA) is 52.7 Å². The summed E-state index contributed by atoms with van der Waals surface area (Å²) in [4.78, 5) is 29.0. The number of hydrogen-bond donors (Lipinski definition) is 1. The number of likely N-dealkylation sites (N-methyl/N-ethyl adjacent to an activating group) is 2. The van der Waals surface area contributed by atoms with Crippen molar-refractivity contribution in [2.75, 3.05) is 25.0 Å². The minimum atomic E-state index is -0.408. The molecule has 0 saturated heterocycles. The van der Waals surface area contributed by atoms with Crippen molar-refractivity contribution >= 4 is 28.3 Å². The molecule has 0 aliphatic rings. The van der Waals surface area contributed by atoms with Crippen molar-refractivity contribution in [1.82, 2.24) is 10.2 Å². The van der Waals surface area contributed by atoms with Crippen LogP contribution < -0.4 is 10.2 Å². The van der Waals surface area contributed by atoms with Crippen LogP contribution in [0.1, 0.15) is 34.6 Å². The summed E-state index contributed by atoms with van der Waals surface area (Å²) >= 11 is 0. The Labute approximate surface area is 162 Å². The fourth-order valence-electron chi connectivity index (χ4n) is 3.12. The van der Waals surface area contributed by atoms with E-state index in [4.69, 9.17) is 0 Å². The number of amides is 2. The third kappa shape index (κ3) is 5.30. The minimum Gasteiger partial charge on any atom is -0.350 e. The monoisotopic (exact) mass is 369 g/mol. The van der Waals surface area contributed by atoms with Gasteiger partial charge in [-0.25, -0.2) is 0 Å². The first-order chi connectivity index (χ1) is 12.6. The summed E-state index contributed by atoms with van der Waals surface area (Å²) < 4.78 is 0. The SMILES string of the molecule is CCN(C(=O)[C@@H](C)N(C)CC(=O)NC(C)(C)C)c1cccc2ccccc12. The van der Waals surface area contributed by atoms with E-state index in [1.807, 2.05) is 84.1 Å². The molecule has 0 aromatic heterocycles. The van der Waals surface area contributed by atoms with Crippen molar-refractivity contribution in [3.63, 3.8) is 0 Å². The average molecular weight is 370 g/mol. The predicted molar refractivity (Wildman–Crippen MR) is 112 cm³/mol. The first-order valence-corrected chi connectivity index (χ1v) is 9.44. The van der Waals surface area contributed by atoms with Gasteiger partial charge in [0.05, 0.1) is 18.3 Å². The van der Waals surface area contributed by atoms with Gasteiger partial charge in [0.15, 0.2) is 0 Å². The molecular weight excluding hydrogens is 338 g/mol. The zero-order valence-electron chi connectivity index (χ0n) is 17.2. The van der Waals surface area contributed by atoms with E-state index in [2.05, 4.69) is 5.32 Å². The van der Waals surface area contributed by atoms with Crippen molar-refractivity contribution in [2.24, 2.45) is 0 Å². The summed E-state index contributed by atoms with van der Waals surface area (Å²) in [6.07, 6.45) is 0. The van der Waals surface area contributed by atoms with Crippen LogP contribution in [0.4, 0.5) is 5.69 Å². The molecule has 2 aromatic carbocycles. The van der Waals surface area contributed by atoms with Gasteiger partial charge in [-0.1, -0.05) is 36.4 Å². The number of carbonyl (C=O) groups is 2. The molecule has 2 aromatic rings. The third-order valence-electron chi connectivity index (χ3n) is 4.57. The number of fused-ring (bicyclic) bond motifs is 1. The molecule has 1 atom stereocenters. The Bertz CT molecular complexity index is 805.